The van der Waals surface area contributed by atoms with Gasteiger partial charge in [0.1, 0.15) is 0 Å². The summed E-state index contributed by atoms with van der Waals surface area (Å²) in [6.07, 6.45) is 4.47. The van der Waals surface area contributed by atoms with Crippen LogP contribution in [0.1, 0.15) is 32.6 Å². The van der Waals surface area contributed by atoms with E-state index in [1.807, 2.05) is 18.9 Å². The number of nitrogens with zero attached hydrogens (tertiary/aromatic N) is 2. The van der Waals surface area contributed by atoms with Crippen LogP contribution in [-0.4, -0.2) is 85.9 Å². The van der Waals surface area contributed by atoms with Gasteiger partial charge in [-0.1, -0.05) is 0 Å². The Labute approximate surface area is 164 Å². The highest BCUT2D eigenvalue weighted by atomic mass is 35.5. The molecule has 2 N–H and O–H groups in total. The van der Waals surface area contributed by atoms with Gasteiger partial charge in [-0.2, -0.15) is 0 Å². The third-order valence-corrected chi connectivity index (χ3v) is 4.86. The standard InChI is InChI=1S/C17H33N3O3.2ClH/c1-14(21)12-20-7-5-15(6-8-20)13-19(2)17(22)11-18-10-16-4-3-9-23-16;;/h14-16,18,21H,3-13H2,1-2H3;2*1H. The number of piperidine rings is 1. The van der Waals surface area contributed by atoms with Crippen LogP contribution < -0.4 is 5.32 Å². The molecule has 150 valence electrons. The van der Waals surface area contributed by atoms with Crippen molar-refractivity contribution in [2.45, 2.75) is 44.8 Å². The molecule has 2 unspecified atom stereocenters. The van der Waals surface area contributed by atoms with Crippen LogP contribution in [0.25, 0.3) is 0 Å². The maximum absolute atomic E-state index is 12.2. The predicted molar refractivity (Wildman–Crippen MR) is 105 cm³/mol. The molecule has 2 aliphatic rings. The van der Waals surface area contributed by atoms with E-state index in [-0.39, 0.29) is 42.9 Å². The first-order valence-corrected chi connectivity index (χ1v) is 9.01. The van der Waals surface area contributed by atoms with Gasteiger partial charge in [0.2, 0.25) is 5.91 Å². The lowest BCUT2D eigenvalue weighted by Crippen LogP contribution is -2.43. The summed E-state index contributed by atoms with van der Waals surface area (Å²) in [6.45, 7) is 7.51. The number of carbonyl (C=O) groups excluding carboxylic acids is 1. The van der Waals surface area contributed by atoms with E-state index >= 15 is 0 Å². The first-order chi connectivity index (χ1) is 11.0. The largest absolute Gasteiger partial charge is 0.392 e. The molecule has 0 aromatic heterocycles. The predicted octanol–water partition coefficient (Wildman–Crippen LogP) is 1.15. The number of rotatable bonds is 8. The van der Waals surface area contributed by atoms with E-state index in [2.05, 4.69) is 10.2 Å². The van der Waals surface area contributed by atoms with Gasteiger partial charge in [0.05, 0.1) is 18.8 Å². The van der Waals surface area contributed by atoms with Crippen LogP contribution in [-0.2, 0) is 9.53 Å². The lowest BCUT2D eigenvalue weighted by molar-refractivity contribution is -0.129. The number of halogens is 2. The molecule has 6 nitrogen and oxygen atoms in total. The Morgan fingerprint density at radius 1 is 1.32 bits per heavy atom. The highest BCUT2D eigenvalue weighted by Crippen LogP contribution is 2.18. The third kappa shape index (κ3) is 9.40. The van der Waals surface area contributed by atoms with Crippen LogP contribution in [0.5, 0.6) is 0 Å². The van der Waals surface area contributed by atoms with Crippen molar-refractivity contribution in [3.8, 4) is 0 Å². The maximum atomic E-state index is 12.2. The van der Waals surface area contributed by atoms with Gasteiger partial charge in [-0.05, 0) is 51.6 Å². The van der Waals surface area contributed by atoms with Crippen LogP contribution in [0.2, 0.25) is 0 Å². The van der Waals surface area contributed by atoms with Gasteiger partial charge in [-0.25, -0.2) is 0 Å². The number of likely N-dealkylation sites (tertiary alicyclic amines) is 1. The zero-order chi connectivity index (χ0) is 16.7. The molecule has 25 heavy (non-hydrogen) atoms. The number of amides is 1. The Hall–Kier alpha value is -0.110. The molecular formula is C17H35Cl2N3O3. The number of ether oxygens (including phenoxy) is 1. The van der Waals surface area contributed by atoms with Gasteiger partial charge >= 0.3 is 0 Å². The molecule has 2 heterocycles. The van der Waals surface area contributed by atoms with Crippen molar-refractivity contribution in [2.24, 2.45) is 5.92 Å². The normalized spacial score (nSPS) is 22.8. The Kier molecular flexibility index (Phi) is 13.1. The molecule has 2 saturated heterocycles. The van der Waals surface area contributed by atoms with Gasteiger partial charge in [-0.15, -0.1) is 24.8 Å². The van der Waals surface area contributed by atoms with Gasteiger partial charge in [0, 0.05) is 33.3 Å². The zero-order valence-corrected chi connectivity index (χ0v) is 17.1. The third-order valence-electron chi connectivity index (χ3n) is 4.86. The summed E-state index contributed by atoms with van der Waals surface area (Å²) in [6, 6.07) is 0. The van der Waals surface area contributed by atoms with Gasteiger partial charge in [0.25, 0.3) is 0 Å². The second-order valence-electron chi connectivity index (χ2n) is 7.13. The summed E-state index contributed by atoms with van der Waals surface area (Å²) in [5.41, 5.74) is 0. The Bertz CT molecular complexity index is 361. The summed E-state index contributed by atoms with van der Waals surface area (Å²) in [5, 5.41) is 12.7. The number of likely N-dealkylation sites (N-methyl/N-ethyl adjacent to an activating group) is 1. The number of hydrogen-bond donors (Lipinski definition) is 2. The van der Waals surface area contributed by atoms with Gasteiger partial charge < -0.3 is 25.0 Å². The number of hydrogen-bond acceptors (Lipinski definition) is 5. The fraction of sp³-hybridized carbons (Fsp3) is 0.941. The molecule has 0 aromatic rings. The zero-order valence-electron chi connectivity index (χ0n) is 15.5. The maximum Gasteiger partial charge on any atom is 0.236 e. The molecule has 2 atom stereocenters. The lowest BCUT2D eigenvalue weighted by atomic mass is 9.96. The minimum atomic E-state index is -0.259. The Morgan fingerprint density at radius 2 is 2.00 bits per heavy atom. The SMILES string of the molecule is CC(O)CN1CCC(CN(C)C(=O)CNCC2CCCO2)CC1.Cl.Cl. The molecule has 0 saturated carbocycles. The van der Waals surface area contributed by atoms with Crippen LogP contribution in [0.15, 0.2) is 0 Å². The topological polar surface area (TPSA) is 65.0 Å². The summed E-state index contributed by atoms with van der Waals surface area (Å²) in [7, 11) is 1.90. The molecule has 2 aliphatic heterocycles. The van der Waals surface area contributed by atoms with E-state index in [1.165, 1.54) is 0 Å². The van der Waals surface area contributed by atoms with Crippen LogP contribution >= 0.6 is 24.8 Å². The highest BCUT2D eigenvalue weighted by molar-refractivity contribution is 5.85. The average Bonchev–Trinajstić information content (AvgIpc) is 3.02. The Morgan fingerprint density at radius 3 is 2.56 bits per heavy atom. The molecule has 0 spiro atoms. The second-order valence-corrected chi connectivity index (χ2v) is 7.13. The van der Waals surface area contributed by atoms with Gasteiger partial charge in [-0.3, -0.25) is 4.79 Å². The molecule has 1 amide bonds. The Balaban J connectivity index is 0.00000288. The van der Waals surface area contributed by atoms with Crippen molar-refractivity contribution in [1.82, 2.24) is 15.1 Å². The van der Waals surface area contributed by atoms with Crippen molar-refractivity contribution in [3.05, 3.63) is 0 Å². The first kappa shape index (κ1) is 24.9. The van der Waals surface area contributed by atoms with E-state index in [9.17, 15) is 9.90 Å². The average molecular weight is 400 g/mol. The minimum Gasteiger partial charge on any atom is -0.392 e. The molecule has 0 radical (unpaired) electrons. The summed E-state index contributed by atoms with van der Waals surface area (Å²) >= 11 is 0. The quantitative estimate of drug-likeness (QED) is 0.640. The van der Waals surface area contributed by atoms with Crippen molar-refractivity contribution < 1.29 is 14.6 Å². The highest BCUT2D eigenvalue weighted by Gasteiger charge is 2.22. The van der Waals surface area contributed by atoms with E-state index in [1.54, 1.807) is 0 Å². The van der Waals surface area contributed by atoms with Crippen LogP contribution in [0.3, 0.4) is 0 Å². The van der Waals surface area contributed by atoms with E-state index in [4.69, 9.17) is 4.74 Å². The van der Waals surface area contributed by atoms with E-state index < -0.39 is 0 Å². The molecule has 0 aromatic carbocycles. The van der Waals surface area contributed by atoms with Crippen molar-refractivity contribution in [2.75, 3.05) is 52.9 Å². The lowest BCUT2D eigenvalue weighted by Gasteiger charge is -2.34. The molecule has 2 fully saturated rings. The van der Waals surface area contributed by atoms with Crippen LogP contribution in [0, 0.1) is 5.92 Å². The molecule has 0 aliphatic carbocycles. The molecule has 2 rings (SSSR count). The number of nitrogens with one attached hydrogen (secondary N) is 1. The number of aliphatic hydroxyl groups excluding tert-OH is 1. The molecule has 0 bridgehead atoms. The fourth-order valence-corrected chi connectivity index (χ4v) is 3.49. The number of aliphatic hydroxyl groups is 1. The minimum absolute atomic E-state index is 0. The summed E-state index contributed by atoms with van der Waals surface area (Å²) in [5.74, 6) is 0.738. The van der Waals surface area contributed by atoms with E-state index in [0.717, 1.165) is 65.0 Å². The number of carbonyl (C=O) groups is 1. The van der Waals surface area contributed by atoms with Crippen LogP contribution in [0.4, 0.5) is 0 Å². The summed E-state index contributed by atoms with van der Waals surface area (Å²) in [4.78, 5) is 16.3. The first-order valence-electron chi connectivity index (χ1n) is 9.01. The van der Waals surface area contributed by atoms with Gasteiger partial charge in [0.15, 0.2) is 0 Å². The molecular weight excluding hydrogens is 365 g/mol. The van der Waals surface area contributed by atoms with E-state index in [0.29, 0.717) is 12.5 Å². The smallest absolute Gasteiger partial charge is 0.236 e. The second kappa shape index (κ2) is 13.1. The van der Waals surface area contributed by atoms with Crippen molar-refractivity contribution >= 4 is 30.7 Å². The molecule has 8 heteroatoms. The van der Waals surface area contributed by atoms with Crippen molar-refractivity contribution in [3.63, 3.8) is 0 Å². The van der Waals surface area contributed by atoms with Crippen molar-refractivity contribution in [1.29, 1.82) is 0 Å². The number of β-amino-alcohol motifs (C(OH)–C–C–N with tert-alkyl or cyclic N) is 1. The summed E-state index contributed by atoms with van der Waals surface area (Å²) < 4.78 is 5.54. The fourth-order valence-electron chi connectivity index (χ4n) is 3.49. The monoisotopic (exact) mass is 399 g/mol.